The summed E-state index contributed by atoms with van der Waals surface area (Å²) in [7, 11) is 0.956. The summed E-state index contributed by atoms with van der Waals surface area (Å²) in [6.07, 6.45) is 2.34. The Balaban J connectivity index is 1.20. The third-order valence-electron chi connectivity index (χ3n) is 14.2. The maximum Gasteiger partial charge on any atom is 0.339 e. The molecule has 11 heteroatoms. The fourth-order valence-corrected chi connectivity index (χ4v) is 14.3. The summed E-state index contributed by atoms with van der Waals surface area (Å²) in [6, 6.07) is 13.2. The fraction of sp³-hybridized carbons (Fsp3) is 0.658. The highest BCUT2D eigenvalue weighted by molar-refractivity contribution is 7.90. The van der Waals surface area contributed by atoms with Crippen molar-refractivity contribution < 1.29 is 42.4 Å². The summed E-state index contributed by atoms with van der Waals surface area (Å²) in [4.78, 5) is 17.0. The Morgan fingerprint density at radius 2 is 1.73 bits per heavy atom. The highest BCUT2D eigenvalue weighted by Crippen LogP contribution is 2.79. The van der Waals surface area contributed by atoms with Crippen molar-refractivity contribution in [1.82, 2.24) is 4.90 Å². The van der Waals surface area contributed by atoms with Gasteiger partial charge in [0.2, 0.25) is 0 Å². The first kappa shape index (κ1) is 33.6. The Morgan fingerprint density at radius 3 is 2.45 bits per heavy atom. The summed E-state index contributed by atoms with van der Waals surface area (Å²) in [6.45, 7) is 5.48. The van der Waals surface area contributed by atoms with Crippen molar-refractivity contribution in [2.45, 2.75) is 91.7 Å². The van der Waals surface area contributed by atoms with Crippen LogP contribution >= 0.6 is 0 Å². The minimum atomic E-state index is -3.87. The standard InChI is InChI=1S/C38H49NO9S/c1-6-39-21-35(48-34(40)24-12-8-7-11-23(24)20-49(43,44)28-14-10-9-13-27(28)45-3)16-15-31(46-4)37-29(35)18-26(32(37)39)36(41)19-22(2)25-17-30(37)38(36,42)33(25)47-5/h7-14,22,25-26,29-33,41-42H,6,15-21H2,1-5H3/t22-,25+,26?,29?,30?,31-,32+,33-,35+,36-,37?,38-/m0/s1. The van der Waals surface area contributed by atoms with Gasteiger partial charge in [-0.1, -0.05) is 44.2 Å². The largest absolute Gasteiger partial charge is 0.495 e. The molecule has 1 saturated heterocycles. The van der Waals surface area contributed by atoms with Crippen molar-refractivity contribution in [2.75, 3.05) is 34.4 Å². The number of hydrogen-bond acceptors (Lipinski definition) is 10. The van der Waals surface area contributed by atoms with Crippen LogP contribution in [0.4, 0.5) is 0 Å². The minimum absolute atomic E-state index is 0.0466. The van der Waals surface area contributed by atoms with Crippen LogP contribution in [0.3, 0.4) is 0 Å². The Morgan fingerprint density at radius 1 is 1.00 bits per heavy atom. The van der Waals surface area contributed by atoms with Crippen LogP contribution in [0, 0.1) is 35.0 Å². The van der Waals surface area contributed by atoms with E-state index < -0.39 is 49.9 Å². The number of benzene rings is 2. The average molecular weight is 696 g/mol. The summed E-state index contributed by atoms with van der Waals surface area (Å²) >= 11 is 0. The molecule has 1 aliphatic heterocycles. The lowest BCUT2D eigenvalue weighted by molar-refractivity contribution is -0.335. The van der Waals surface area contributed by atoms with Crippen LogP contribution in [-0.2, 0) is 29.8 Å². The Labute approximate surface area is 289 Å². The molecule has 5 aliphatic carbocycles. The Kier molecular flexibility index (Phi) is 7.70. The van der Waals surface area contributed by atoms with Crippen LogP contribution in [0.15, 0.2) is 53.4 Å². The van der Waals surface area contributed by atoms with E-state index in [1.807, 2.05) is 0 Å². The molecular formula is C38H49NO9S. The van der Waals surface area contributed by atoms with Gasteiger partial charge in [-0.05, 0) is 74.2 Å². The predicted molar refractivity (Wildman–Crippen MR) is 180 cm³/mol. The molecule has 10 nitrogen and oxygen atoms in total. The van der Waals surface area contributed by atoms with Gasteiger partial charge in [0.05, 0.1) is 30.6 Å². The van der Waals surface area contributed by atoms with E-state index in [0.717, 1.165) is 0 Å². The first-order valence-corrected chi connectivity index (χ1v) is 19.4. The summed E-state index contributed by atoms with van der Waals surface area (Å²) in [5, 5.41) is 25.8. The fourth-order valence-electron chi connectivity index (χ4n) is 12.8. The number of esters is 1. The molecule has 266 valence electrons. The molecule has 0 radical (unpaired) electrons. The van der Waals surface area contributed by atoms with Crippen molar-refractivity contribution in [3.05, 3.63) is 59.7 Å². The number of carbonyl (C=O) groups is 1. The van der Waals surface area contributed by atoms with E-state index in [4.69, 9.17) is 18.9 Å². The number of carbonyl (C=O) groups excluding carboxylic acids is 1. The number of rotatable bonds is 9. The molecule has 6 fully saturated rings. The van der Waals surface area contributed by atoms with Gasteiger partial charge in [-0.15, -0.1) is 0 Å². The Bertz CT molecular complexity index is 1770. The van der Waals surface area contributed by atoms with Crippen LogP contribution in [0.1, 0.15) is 61.9 Å². The summed E-state index contributed by atoms with van der Waals surface area (Å²) in [5.74, 6) is -1.16. The van der Waals surface area contributed by atoms with Gasteiger partial charge in [0.1, 0.15) is 27.4 Å². The van der Waals surface area contributed by atoms with Crippen molar-refractivity contribution >= 4 is 15.8 Å². The van der Waals surface area contributed by atoms with Gasteiger partial charge < -0.3 is 29.2 Å². The second-order valence-electron chi connectivity index (χ2n) is 15.7. The normalized spacial score (nSPS) is 43.3. The third kappa shape index (κ3) is 4.11. The van der Waals surface area contributed by atoms with Crippen molar-refractivity contribution in [3.63, 3.8) is 0 Å². The summed E-state index contributed by atoms with van der Waals surface area (Å²) < 4.78 is 52.0. The van der Waals surface area contributed by atoms with Gasteiger partial charge in [0.15, 0.2) is 9.84 Å². The van der Waals surface area contributed by atoms with Gasteiger partial charge in [0, 0.05) is 50.0 Å². The SMILES string of the molecule is CCN1C[C@]2(OC(=O)c3ccccc3CS(=O)(=O)c3ccccc3OC)CC[C@H](OC)C34C2CC([C@@H]13)[C@@]1(O)C[C@H](C)[C@H]2CC4[C@]1(O)[C@H]2OC. The van der Waals surface area contributed by atoms with Crippen LogP contribution in [0.2, 0.25) is 0 Å². The number of piperidine rings is 1. The molecule has 8 rings (SSSR count). The topological polar surface area (TPSA) is 132 Å². The second-order valence-corrected chi connectivity index (χ2v) is 17.7. The maximum absolute atomic E-state index is 14.5. The van der Waals surface area contributed by atoms with Crippen LogP contribution < -0.4 is 4.74 Å². The molecule has 4 unspecified atom stereocenters. The van der Waals surface area contributed by atoms with E-state index in [1.54, 1.807) is 56.7 Å². The van der Waals surface area contributed by atoms with E-state index >= 15 is 0 Å². The average Bonchev–Trinajstić information content (AvgIpc) is 3.52. The first-order valence-electron chi connectivity index (χ1n) is 17.8. The van der Waals surface area contributed by atoms with Crippen LogP contribution in [0.5, 0.6) is 5.75 Å². The van der Waals surface area contributed by atoms with E-state index in [-0.39, 0.29) is 57.9 Å². The second kappa shape index (κ2) is 11.2. The van der Waals surface area contributed by atoms with Crippen molar-refractivity contribution in [3.8, 4) is 5.75 Å². The van der Waals surface area contributed by atoms with E-state index in [9.17, 15) is 23.4 Å². The van der Waals surface area contributed by atoms with Crippen molar-refractivity contribution in [1.29, 1.82) is 0 Å². The minimum Gasteiger partial charge on any atom is -0.495 e. The van der Waals surface area contributed by atoms with Crippen LogP contribution in [0.25, 0.3) is 0 Å². The molecule has 6 aliphatic rings. The molecule has 0 aromatic heterocycles. The lowest BCUT2D eigenvalue weighted by atomic mass is 9.43. The van der Waals surface area contributed by atoms with E-state index in [1.165, 1.54) is 13.2 Å². The zero-order valence-electron chi connectivity index (χ0n) is 29.0. The van der Waals surface area contributed by atoms with Gasteiger partial charge in [-0.2, -0.15) is 0 Å². The molecule has 0 amide bonds. The molecule has 2 aromatic rings. The number of sulfone groups is 1. The number of ether oxygens (including phenoxy) is 4. The first-order chi connectivity index (χ1) is 23.4. The number of nitrogens with zero attached hydrogens (tertiary/aromatic N) is 1. The zero-order valence-corrected chi connectivity index (χ0v) is 29.8. The lowest BCUT2D eigenvalue weighted by Crippen LogP contribution is -2.83. The van der Waals surface area contributed by atoms with Gasteiger partial charge >= 0.3 is 5.97 Å². The smallest absolute Gasteiger partial charge is 0.339 e. The maximum atomic E-state index is 14.5. The Hall–Kier alpha value is -2.54. The van der Waals surface area contributed by atoms with E-state index in [2.05, 4.69) is 18.7 Å². The number of para-hydroxylation sites is 1. The molecule has 12 atom stereocenters. The number of methoxy groups -OCH3 is 3. The van der Waals surface area contributed by atoms with E-state index in [0.29, 0.717) is 50.8 Å². The molecule has 2 aromatic carbocycles. The molecule has 2 N–H and O–H groups in total. The number of aliphatic hydroxyl groups is 2. The van der Waals surface area contributed by atoms with Crippen LogP contribution in [-0.4, -0.2) is 99.0 Å². The number of fused-ring (bicyclic) bond motifs is 2. The zero-order chi connectivity index (χ0) is 34.7. The van der Waals surface area contributed by atoms with Gasteiger partial charge in [-0.25, -0.2) is 13.2 Å². The predicted octanol–water partition coefficient (Wildman–Crippen LogP) is 3.87. The molecule has 1 spiro atoms. The molecule has 1 heterocycles. The molecule has 5 saturated carbocycles. The molecule has 49 heavy (non-hydrogen) atoms. The summed E-state index contributed by atoms with van der Waals surface area (Å²) in [5.41, 5.74) is -3.73. The number of hydrogen-bond donors (Lipinski definition) is 2. The van der Waals surface area contributed by atoms with Gasteiger partial charge in [0.25, 0.3) is 0 Å². The molecule has 7 bridgehead atoms. The van der Waals surface area contributed by atoms with Gasteiger partial charge in [-0.3, -0.25) is 4.90 Å². The highest BCUT2D eigenvalue weighted by atomic mass is 32.2. The number of likely N-dealkylation sites (tertiary alicyclic amines) is 1. The highest BCUT2D eigenvalue weighted by Gasteiger charge is 2.88. The number of likely N-dealkylation sites (N-methyl/N-ethyl adjacent to an activating group) is 1. The monoisotopic (exact) mass is 695 g/mol. The quantitative estimate of drug-likeness (QED) is 0.373. The molecular weight excluding hydrogens is 646 g/mol. The lowest BCUT2D eigenvalue weighted by Gasteiger charge is -2.70. The third-order valence-corrected chi connectivity index (χ3v) is 15.9. The van der Waals surface area contributed by atoms with Crippen molar-refractivity contribution in [2.24, 2.45) is 35.0 Å².